The molecule has 31 heavy (non-hydrogen) atoms. The van der Waals surface area contributed by atoms with Gasteiger partial charge < -0.3 is 8.92 Å². The summed E-state index contributed by atoms with van der Waals surface area (Å²) in [7, 11) is -6.10. The first-order valence-electron chi connectivity index (χ1n) is 8.71. The molecule has 2 saturated carbocycles. The maximum atomic E-state index is 14.0. The quantitative estimate of drug-likeness (QED) is 0.383. The van der Waals surface area contributed by atoms with E-state index in [1.807, 2.05) is 0 Å². The Morgan fingerprint density at radius 1 is 0.903 bits per heavy atom. The molecule has 2 aliphatic carbocycles. The van der Waals surface area contributed by atoms with Crippen molar-refractivity contribution in [1.29, 1.82) is 0 Å². The smallest absolute Gasteiger partial charge is 0.460 e. The average molecular weight is 487 g/mol. The predicted molar refractivity (Wildman–Crippen MR) is 85.2 cm³/mol. The van der Waals surface area contributed by atoms with E-state index in [9.17, 15) is 47.9 Å². The van der Waals surface area contributed by atoms with Crippen LogP contribution in [0.25, 0.3) is 0 Å². The number of rotatable bonds is 8. The van der Waals surface area contributed by atoms with Crippen LogP contribution in [0.3, 0.4) is 0 Å². The van der Waals surface area contributed by atoms with Gasteiger partial charge in [-0.05, 0) is 25.7 Å². The van der Waals surface area contributed by atoms with Gasteiger partial charge in [0.15, 0.2) is 11.5 Å². The molecule has 15 heteroatoms. The van der Waals surface area contributed by atoms with Crippen molar-refractivity contribution in [2.24, 2.45) is 0 Å². The monoisotopic (exact) mass is 487 g/mol. The molecule has 0 N–H and O–H groups in total. The largest absolute Gasteiger partial charge is 0.491 e. The van der Waals surface area contributed by atoms with Gasteiger partial charge in [0, 0.05) is 23.6 Å². The molecule has 176 valence electrons. The maximum absolute atomic E-state index is 14.0. The van der Waals surface area contributed by atoms with E-state index in [0.717, 1.165) is 13.2 Å². The third-order valence-electron chi connectivity index (χ3n) is 4.78. The van der Waals surface area contributed by atoms with E-state index in [1.165, 1.54) is 0 Å². The van der Waals surface area contributed by atoms with E-state index in [0.29, 0.717) is 25.7 Å². The molecule has 1 aromatic rings. The van der Waals surface area contributed by atoms with Crippen LogP contribution in [0, 0.1) is 0 Å². The first-order chi connectivity index (χ1) is 14.0. The average Bonchev–Trinajstić information content (AvgIpc) is 3.52. The highest BCUT2D eigenvalue weighted by Gasteiger charge is 2.86. The normalized spacial score (nSPS) is 18.8. The Kier molecular flexibility index (Phi) is 5.39. The lowest BCUT2D eigenvalue weighted by atomic mass is 10.1. The Hall–Kier alpha value is -1.93. The van der Waals surface area contributed by atoms with Gasteiger partial charge in [-0.25, -0.2) is 0 Å². The van der Waals surface area contributed by atoms with Crippen molar-refractivity contribution < 1.29 is 56.9 Å². The zero-order chi connectivity index (χ0) is 23.6. The highest BCUT2D eigenvalue weighted by atomic mass is 32.2. The number of aromatic nitrogens is 1. The lowest BCUT2D eigenvalue weighted by Crippen LogP contribution is -2.63. The number of halogens is 9. The molecule has 1 aromatic heterocycles. The molecule has 0 bridgehead atoms. The standard InChI is InChI=1S/C16H14F9NO4S/c1-29-12-10(6-9(7-2-3-7)26-11(12)8-4-5-8)30-31(27,28)16(24,25)14(19,20)13(17,18)15(21,22)23/h6-8H,2-5H2,1H3. The molecule has 0 aliphatic heterocycles. The van der Waals surface area contributed by atoms with E-state index in [4.69, 9.17) is 4.74 Å². The number of pyridine rings is 1. The number of hydrogen-bond donors (Lipinski definition) is 0. The molecular formula is C16H14F9NO4S. The predicted octanol–water partition coefficient (Wildman–Crippen LogP) is 4.98. The van der Waals surface area contributed by atoms with Crippen molar-refractivity contribution in [1.82, 2.24) is 4.98 Å². The summed E-state index contributed by atoms with van der Waals surface area (Å²) in [5.41, 5.74) is 0.261. The summed E-state index contributed by atoms with van der Waals surface area (Å²) in [6.07, 6.45) is -4.84. The van der Waals surface area contributed by atoms with E-state index >= 15 is 0 Å². The van der Waals surface area contributed by atoms with E-state index in [2.05, 4.69) is 9.17 Å². The summed E-state index contributed by atoms with van der Waals surface area (Å²) in [6.45, 7) is 0. The zero-order valence-electron chi connectivity index (χ0n) is 15.5. The summed E-state index contributed by atoms with van der Waals surface area (Å²) in [5.74, 6) is -16.8. The van der Waals surface area contributed by atoms with Gasteiger partial charge in [-0.2, -0.15) is 47.9 Å². The molecule has 5 nitrogen and oxygen atoms in total. The first-order valence-corrected chi connectivity index (χ1v) is 10.1. The Morgan fingerprint density at radius 2 is 1.42 bits per heavy atom. The fourth-order valence-electron chi connectivity index (χ4n) is 2.73. The fourth-order valence-corrected chi connectivity index (χ4v) is 3.63. The maximum Gasteiger partial charge on any atom is 0.460 e. The molecule has 0 amide bonds. The minimum atomic E-state index is -7.38. The van der Waals surface area contributed by atoms with Gasteiger partial charge >= 0.3 is 33.4 Å². The van der Waals surface area contributed by atoms with E-state index in [1.54, 1.807) is 0 Å². The van der Waals surface area contributed by atoms with Crippen LogP contribution in [0.4, 0.5) is 39.5 Å². The number of alkyl halides is 9. The van der Waals surface area contributed by atoms with Gasteiger partial charge in [0.25, 0.3) is 0 Å². The van der Waals surface area contributed by atoms with Crippen LogP contribution in [-0.4, -0.2) is 43.8 Å². The highest BCUT2D eigenvalue weighted by Crippen LogP contribution is 2.56. The molecule has 0 saturated heterocycles. The SMILES string of the molecule is COc1c(OS(=O)(=O)C(F)(F)C(F)(F)C(F)(F)C(F)(F)F)cc(C2CC2)nc1C1CC1. The first kappa shape index (κ1) is 23.7. The Morgan fingerprint density at radius 3 is 1.84 bits per heavy atom. The van der Waals surface area contributed by atoms with Crippen molar-refractivity contribution in [3.05, 3.63) is 17.5 Å². The minimum Gasteiger partial charge on any atom is -0.491 e. The van der Waals surface area contributed by atoms with Crippen LogP contribution in [0.5, 0.6) is 11.5 Å². The third kappa shape index (κ3) is 3.78. The van der Waals surface area contributed by atoms with Gasteiger partial charge in [0.2, 0.25) is 0 Å². The van der Waals surface area contributed by atoms with E-state index < -0.39 is 44.9 Å². The fraction of sp³-hybridized carbons (Fsp3) is 0.688. The van der Waals surface area contributed by atoms with Crippen LogP contribution in [0.1, 0.15) is 48.9 Å². The topological polar surface area (TPSA) is 65.5 Å². The molecule has 0 unspecified atom stereocenters. The van der Waals surface area contributed by atoms with Gasteiger partial charge in [-0.3, -0.25) is 4.98 Å². The number of methoxy groups -OCH3 is 1. The van der Waals surface area contributed by atoms with Crippen LogP contribution >= 0.6 is 0 Å². The van der Waals surface area contributed by atoms with Gasteiger partial charge in [-0.1, -0.05) is 0 Å². The van der Waals surface area contributed by atoms with Gasteiger partial charge in [0.05, 0.1) is 12.8 Å². The molecule has 3 rings (SSSR count). The lowest BCUT2D eigenvalue weighted by molar-refractivity contribution is -0.382. The van der Waals surface area contributed by atoms with E-state index in [-0.39, 0.29) is 23.2 Å². The molecule has 0 atom stereocenters. The van der Waals surface area contributed by atoms with Crippen molar-refractivity contribution in [3.8, 4) is 11.5 Å². The minimum absolute atomic E-state index is 0.0906. The Bertz CT molecular complexity index is 970. The molecule has 2 fully saturated rings. The Labute approximate surface area is 169 Å². The van der Waals surface area contributed by atoms with Crippen molar-refractivity contribution >= 4 is 10.1 Å². The molecule has 1 heterocycles. The van der Waals surface area contributed by atoms with Gasteiger partial charge in [-0.15, -0.1) is 0 Å². The molecule has 0 spiro atoms. The molecular weight excluding hydrogens is 473 g/mol. The van der Waals surface area contributed by atoms with Gasteiger partial charge in [0.1, 0.15) is 0 Å². The second kappa shape index (κ2) is 7.04. The molecule has 0 aromatic carbocycles. The summed E-state index contributed by atoms with van der Waals surface area (Å²) >= 11 is 0. The highest BCUT2D eigenvalue weighted by molar-refractivity contribution is 7.88. The molecule has 2 aliphatic rings. The second-order valence-corrected chi connectivity index (χ2v) is 8.80. The van der Waals surface area contributed by atoms with Crippen molar-refractivity contribution in [2.75, 3.05) is 7.11 Å². The number of nitrogens with zero attached hydrogens (tertiary/aromatic N) is 1. The lowest BCUT2D eigenvalue weighted by Gasteiger charge is -2.32. The molecule has 0 radical (unpaired) electrons. The number of hydrogen-bond acceptors (Lipinski definition) is 5. The summed E-state index contributed by atoms with van der Waals surface area (Å²) in [4.78, 5) is 4.24. The third-order valence-corrected chi connectivity index (χ3v) is 6.06. The summed E-state index contributed by atoms with van der Waals surface area (Å²) < 4.78 is 151. The Balaban J connectivity index is 2.05. The van der Waals surface area contributed by atoms with Crippen LogP contribution < -0.4 is 8.92 Å². The van der Waals surface area contributed by atoms with Crippen LogP contribution in [-0.2, 0) is 10.1 Å². The van der Waals surface area contributed by atoms with Crippen LogP contribution in [0.15, 0.2) is 6.07 Å². The zero-order valence-corrected chi connectivity index (χ0v) is 16.3. The number of ether oxygens (including phenoxy) is 1. The van der Waals surface area contributed by atoms with Crippen molar-refractivity contribution in [2.45, 2.75) is 60.8 Å². The second-order valence-electron chi connectivity index (χ2n) is 7.21. The van der Waals surface area contributed by atoms with Crippen LogP contribution in [0.2, 0.25) is 0 Å². The van der Waals surface area contributed by atoms with Crippen molar-refractivity contribution in [3.63, 3.8) is 0 Å². The summed E-state index contributed by atoms with van der Waals surface area (Å²) in [5, 5.41) is -6.95. The summed E-state index contributed by atoms with van der Waals surface area (Å²) in [6, 6.07) is 0.802.